The van der Waals surface area contributed by atoms with Crippen molar-refractivity contribution in [2.24, 2.45) is 0 Å². The molecule has 0 aliphatic carbocycles. The Bertz CT molecular complexity index is 446. The van der Waals surface area contributed by atoms with Crippen LogP contribution in [0.5, 0.6) is 0 Å². The van der Waals surface area contributed by atoms with Gasteiger partial charge in [0.2, 0.25) is 0 Å². The molecule has 0 aliphatic rings. The highest BCUT2D eigenvalue weighted by Gasteiger charge is 2.12. The van der Waals surface area contributed by atoms with E-state index in [4.69, 9.17) is 5.26 Å². The molecule has 14 heavy (non-hydrogen) atoms. The average molecular weight is 252 g/mol. The summed E-state index contributed by atoms with van der Waals surface area (Å²) in [5, 5.41) is 8.69. The van der Waals surface area contributed by atoms with Crippen molar-refractivity contribution in [3.05, 3.63) is 33.3 Å². The van der Waals surface area contributed by atoms with E-state index in [0.717, 1.165) is 0 Å². The molecule has 3 nitrogen and oxygen atoms in total. The third-order valence-corrected chi connectivity index (χ3v) is 2.65. The van der Waals surface area contributed by atoms with Gasteiger partial charge in [-0.3, -0.25) is 9.59 Å². The first-order valence-corrected chi connectivity index (χ1v) is 4.59. The first-order chi connectivity index (χ1) is 6.61. The Morgan fingerprint density at radius 1 is 1.57 bits per heavy atom. The highest BCUT2D eigenvalue weighted by molar-refractivity contribution is 9.10. The zero-order chi connectivity index (χ0) is 10.7. The number of nitriles is 1. The lowest BCUT2D eigenvalue weighted by atomic mass is 10.0. The fourth-order valence-corrected chi connectivity index (χ4v) is 1.80. The molecule has 0 unspecified atom stereocenters. The molecule has 0 saturated carbocycles. The topological polar surface area (TPSA) is 57.9 Å². The van der Waals surface area contributed by atoms with E-state index >= 15 is 0 Å². The number of ketones is 1. The van der Waals surface area contributed by atoms with Crippen molar-refractivity contribution in [2.45, 2.75) is 6.92 Å². The highest BCUT2D eigenvalue weighted by atomic mass is 79.9. The number of carbonyl (C=O) groups is 2. The molecule has 1 rings (SSSR count). The van der Waals surface area contributed by atoms with Crippen molar-refractivity contribution < 1.29 is 9.59 Å². The molecule has 4 heteroatoms. The molecule has 70 valence electrons. The fourth-order valence-electron chi connectivity index (χ4n) is 1.08. The third kappa shape index (κ3) is 1.73. The minimum Gasteiger partial charge on any atom is -0.298 e. The predicted molar refractivity (Wildman–Crippen MR) is 54.2 cm³/mol. The van der Waals surface area contributed by atoms with Crippen LogP contribution in [0.4, 0.5) is 0 Å². The summed E-state index contributed by atoms with van der Waals surface area (Å²) in [5.74, 6) is -0.149. The van der Waals surface area contributed by atoms with Crippen molar-refractivity contribution in [2.75, 3.05) is 0 Å². The Morgan fingerprint density at radius 2 is 2.21 bits per heavy atom. The molecule has 0 bridgehead atoms. The van der Waals surface area contributed by atoms with Gasteiger partial charge >= 0.3 is 0 Å². The first-order valence-electron chi connectivity index (χ1n) is 3.80. The zero-order valence-corrected chi connectivity index (χ0v) is 8.96. The molecule has 0 atom stereocenters. The number of hydrogen-bond donors (Lipinski definition) is 0. The SMILES string of the molecule is CC(=O)c1ccc(C#N)c(C=O)c1Br. The summed E-state index contributed by atoms with van der Waals surface area (Å²) in [6.45, 7) is 1.40. The Balaban J connectivity index is 3.52. The van der Waals surface area contributed by atoms with Gasteiger partial charge < -0.3 is 0 Å². The lowest BCUT2D eigenvalue weighted by molar-refractivity contribution is 0.101. The molecule has 0 radical (unpaired) electrons. The second-order valence-electron chi connectivity index (χ2n) is 2.67. The minimum atomic E-state index is -0.149. The predicted octanol–water partition coefficient (Wildman–Crippen LogP) is 2.34. The monoisotopic (exact) mass is 251 g/mol. The number of nitrogens with zero attached hydrogens (tertiary/aromatic N) is 1. The van der Waals surface area contributed by atoms with E-state index < -0.39 is 0 Å². The average Bonchev–Trinajstić information content (AvgIpc) is 2.16. The lowest BCUT2D eigenvalue weighted by Gasteiger charge is -2.03. The first kappa shape index (κ1) is 10.6. The van der Waals surface area contributed by atoms with Crippen LogP contribution in [0.1, 0.15) is 33.2 Å². The number of aldehydes is 1. The van der Waals surface area contributed by atoms with Gasteiger partial charge in [0.05, 0.1) is 11.6 Å². The van der Waals surface area contributed by atoms with Gasteiger partial charge in [-0.2, -0.15) is 5.26 Å². The number of halogens is 1. The lowest BCUT2D eigenvalue weighted by Crippen LogP contribution is -1.99. The van der Waals surface area contributed by atoms with Crippen LogP contribution in [0.15, 0.2) is 16.6 Å². The van der Waals surface area contributed by atoms with E-state index in [9.17, 15) is 9.59 Å². The van der Waals surface area contributed by atoms with Crippen LogP contribution in [-0.2, 0) is 0 Å². The Labute approximate surface area is 89.5 Å². The van der Waals surface area contributed by atoms with Gasteiger partial charge in [0.1, 0.15) is 0 Å². The molecule has 0 saturated heterocycles. The zero-order valence-electron chi connectivity index (χ0n) is 7.37. The van der Waals surface area contributed by atoms with Gasteiger partial charge in [-0.05, 0) is 35.0 Å². The normalized spacial score (nSPS) is 9.21. The summed E-state index contributed by atoms with van der Waals surface area (Å²) in [7, 11) is 0. The van der Waals surface area contributed by atoms with Crippen molar-refractivity contribution in [1.29, 1.82) is 5.26 Å². The van der Waals surface area contributed by atoms with E-state index in [2.05, 4.69) is 15.9 Å². The van der Waals surface area contributed by atoms with Crippen LogP contribution < -0.4 is 0 Å². The molecule has 0 amide bonds. The van der Waals surface area contributed by atoms with Crippen molar-refractivity contribution in [1.82, 2.24) is 0 Å². The third-order valence-electron chi connectivity index (χ3n) is 1.80. The number of Topliss-reactive ketones (excluding diaryl/α,β-unsaturated/α-hetero) is 1. The Hall–Kier alpha value is -1.47. The molecule has 0 fully saturated rings. The summed E-state index contributed by atoms with van der Waals surface area (Å²) < 4.78 is 0.388. The molecule has 1 aromatic carbocycles. The van der Waals surface area contributed by atoms with Gasteiger partial charge in [-0.25, -0.2) is 0 Å². The van der Waals surface area contributed by atoms with Crippen LogP contribution in [0.3, 0.4) is 0 Å². The summed E-state index contributed by atoms with van der Waals surface area (Å²) in [4.78, 5) is 21.8. The van der Waals surface area contributed by atoms with Gasteiger partial charge in [-0.1, -0.05) is 0 Å². The maximum Gasteiger partial charge on any atom is 0.160 e. The van der Waals surface area contributed by atoms with Gasteiger partial charge in [0, 0.05) is 15.6 Å². The standard InChI is InChI=1S/C10H6BrNO2/c1-6(14)8-3-2-7(4-12)9(5-13)10(8)11/h2-3,5H,1H3. The number of rotatable bonds is 2. The maximum absolute atomic E-state index is 11.1. The van der Waals surface area contributed by atoms with Crippen molar-refractivity contribution >= 4 is 28.0 Å². The number of hydrogen-bond acceptors (Lipinski definition) is 3. The molecule has 1 aromatic rings. The van der Waals surface area contributed by atoms with E-state index in [0.29, 0.717) is 16.3 Å². The molecular weight excluding hydrogens is 246 g/mol. The van der Waals surface area contributed by atoms with Crippen LogP contribution in [0.25, 0.3) is 0 Å². The maximum atomic E-state index is 11.1. The second kappa shape index (κ2) is 4.16. The van der Waals surface area contributed by atoms with Crippen LogP contribution in [0, 0.1) is 11.3 Å². The van der Waals surface area contributed by atoms with Gasteiger partial charge in [0.15, 0.2) is 12.1 Å². The van der Waals surface area contributed by atoms with E-state index in [-0.39, 0.29) is 16.9 Å². The van der Waals surface area contributed by atoms with Gasteiger partial charge in [-0.15, -0.1) is 0 Å². The van der Waals surface area contributed by atoms with Crippen LogP contribution >= 0.6 is 15.9 Å². The van der Waals surface area contributed by atoms with Crippen LogP contribution in [-0.4, -0.2) is 12.1 Å². The summed E-state index contributed by atoms with van der Waals surface area (Å²) in [6, 6.07) is 4.87. The molecule has 0 aliphatic heterocycles. The van der Waals surface area contributed by atoms with E-state index in [1.807, 2.05) is 6.07 Å². The number of carbonyl (C=O) groups excluding carboxylic acids is 2. The van der Waals surface area contributed by atoms with Gasteiger partial charge in [0.25, 0.3) is 0 Å². The van der Waals surface area contributed by atoms with Crippen molar-refractivity contribution in [3.63, 3.8) is 0 Å². The summed E-state index contributed by atoms with van der Waals surface area (Å²) in [6.07, 6.45) is 0.565. The summed E-state index contributed by atoms with van der Waals surface area (Å²) >= 11 is 3.13. The molecular formula is C10H6BrNO2. The quantitative estimate of drug-likeness (QED) is 0.599. The smallest absolute Gasteiger partial charge is 0.160 e. The Morgan fingerprint density at radius 3 is 2.64 bits per heavy atom. The van der Waals surface area contributed by atoms with Crippen molar-refractivity contribution in [3.8, 4) is 6.07 Å². The summed E-state index contributed by atoms with van der Waals surface area (Å²) in [5.41, 5.74) is 0.892. The molecule has 0 heterocycles. The largest absolute Gasteiger partial charge is 0.298 e. The molecule has 0 spiro atoms. The highest BCUT2D eigenvalue weighted by Crippen LogP contribution is 2.23. The second-order valence-corrected chi connectivity index (χ2v) is 3.47. The number of benzene rings is 1. The fraction of sp³-hybridized carbons (Fsp3) is 0.100. The molecule has 0 aromatic heterocycles. The van der Waals surface area contributed by atoms with E-state index in [1.165, 1.54) is 19.1 Å². The van der Waals surface area contributed by atoms with E-state index in [1.54, 1.807) is 0 Å². The molecule has 0 N–H and O–H groups in total. The minimum absolute atomic E-state index is 0.149. The van der Waals surface area contributed by atoms with Crippen LogP contribution in [0.2, 0.25) is 0 Å². The Kier molecular flexibility index (Phi) is 3.15.